The van der Waals surface area contributed by atoms with E-state index < -0.39 is 0 Å². The van der Waals surface area contributed by atoms with Crippen LogP contribution in [0.25, 0.3) is 0 Å². The Kier molecular flexibility index (Phi) is 4.87. The summed E-state index contributed by atoms with van der Waals surface area (Å²) >= 11 is 0. The van der Waals surface area contributed by atoms with Crippen molar-refractivity contribution in [2.75, 3.05) is 13.2 Å². The predicted molar refractivity (Wildman–Crippen MR) is 72.1 cm³/mol. The van der Waals surface area contributed by atoms with Crippen molar-refractivity contribution in [2.24, 2.45) is 17.8 Å². The van der Waals surface area contributed by atoms with Gasteiger partial charge in [-0.2, -0.15) is 0 Å². The zero-order valence-electron chi connectivity index (χ0n) is 11.7. The normalized spacial score (nSPS) is 38.8. The summed E-state index contributed by atoms with van der Waals surface area (Å²) in [6.45, 7) is 9.10. The number of rotatable bonds is 4. The Morgan fingerprint density at radius 2 is 2.06 bits per heavy atom. The monoisotopic (exact) mass is 239 g/mol. The lowest BCUT2D eigenvalue weighted by Crippen LogP contribution is -2.39. The molecule has 2 fully saturated rings. The van der Waals surface area contributed by atoms with E-state index in [2.05, 4.69) is 26.1 Å². The summed E-state index contributed by atoms with van der Waals surface area (Å²) < 4.78 is 5.62. The first-order valence-electron chi connectivity index (χ1n) is 7.51. The van der Waals surface area contributed by atoms with Crippen LogP contribution >= 0.6 is 0 Å². The number of hydrogen-bond acceptors (Lipinski definition) is 2. The largest absolute Gasteiger partial charge is 0.378 e. The third kappa shape index (κ3) is 3.69. The van der Waals surface area contributed by atoms with Gasteiger partial charge in [0.15, 0.2) is 0 Å². The van der Waals surface area contributed by atoms with Gasteiger partial charge >= 0.3 is 0 Å². The third-order valence-corrected chi connectivity index (χ3v) is 4.86. The lowest BCUT2D eigenvalue weighted by molar-refractivity contribution is 0.103. The van der Waals surface area contributed by atoms with Crippen LogP contribution in [-0.2, 0) is 4.74 Å². The Labute approximate surface area is 107 Å². The average Bonchev–Trinajstić information content (AvgIpc) is 2.72. The second kappa shape index (κ2) is 6.19. The Morgan fingerprint density at radius 3 is 2.71 bits per heavy atom. The Balaban J connectivity index is 1.71. The Morgan fingerprint density at radius 1 is 1.24 bits per heavy atom. The van der Waals surface area contributed by atoms with Crippen LogP contribution in [0.4, 0.5) is 0 Å². The van der Waals surface area contributed by atoms with Crippen molar-refractivity contribution in [1.29, 1.82) is 0 Å². The Bertz CT molecular complexity index is 229. The minimum absolute atomic E-state index is 0.465. The first-order valence-corrected chi connectivity index (χ1v) is 7.51. The number of nitrogens with one attached hydrogen (secondary N) is 1. The summed E-state index contributed by atoms with van der Waals surface area (Å²) in [7, 11) is 0. The molecule has 4 atom stereocenters. The number of ether oxygens (including phenoxy) is 1. The molecule has 0 aromatic carbocycles. The third-order valence-electron chi connectivity index (χ3n) is 4.86. The van der Waals surface area contributed by atoms with Crippen LogP contribution in [0, 0.1) is 17.8 Å². The first-order chi connectivity index (χ1) is 8.16. The van der Waals surface area contributed by atoms with E-state index in [9.17, 15) is 0 Å². The molecule has 1 N–H and O–H groups in total. The van der Waals surface area contributed by atoms with Gasteiger partial charge in [0.25, 0.3) is 0 Å². The molecule has 0 radical (unpaired) electrons. The highest BCUT2D eigenvalue weighted by Crippen LogP contribution is 2.30. The summed E-state index contributed by atoms with van der Waals surface area (Å²) in [5, 5.41) is 3.80. The summed E-state index contributed by atoms with van der Waals surface area (Å²) in [4.78, 5) is 0. The number of hydrogen-bond donors (Lipinski definition) is 1. The second-order valence-corrected chi connectivity index (χ2v) is 6.40. The average molecular weight is 239 g/mol. The van der Waals surface area contributed by atoms with E-state index in [-0.39, 0.29) is 0 Å². The molecule has 0 bridgehead atoms. The molecule has 2 heteroatoms. The maximum Gasteiger partial charge on any atom is 0.0588 e. The summed E-state index contributed by atoms with van der Waals surface area (Å²) in [5.41, 5.74) is 0. The van der Waals surface area contributed by atoms with Gasteiger partial charge in [-0.25, -0.2) is 0 Å². The minimum Gasteiger partial charge on any atom is -0.378 e. The molecule has 0 aromatic rings. The van der Waals surface area contributed by atoms with Crippen molar-refractivity contribution in [2.45, 2.75) is 65.0 Å². The van der Waals surface area contributed by atoms with Crippen molar-refractivity contribution in [3.63, 3.8) is 0 Å². The van der Waals surface area contributed by atoms with Gasteiger partial charge in [-0.3, -0.25) is 0 Å². The molecule has 0 aromatic heterocycles. The van der Waals surface area contributed by atoms with Crippen LogP contribution < -0.4 is 5.32 Å². The van der Waals surface area contributed by atoms with Crippen molar-refractivity contribution < 1.29 is 4.74 Å². The van der Waals surface area contributed by atoms with Crippen molar-refractivity contribution in [1.82, 2.24) is 5.32 Å². The van der Waals surface area contributed by atoms with E-state index in [1.807, 2.05) is 0 Å². The molecule has 17 heavy (non-hydrogen) atoms. The van der Waals surface area contributed by atoms with Crippen molar-refractivity contribution >= 4 is 0 Å². The highest BCUT2D eigenvalue weighted by molar-refractivity contribution is 4.82. The van der Waals surface area contributed by atoms with E-state index in [0.717, 1.165) is 36.9 Å². The smallest absolute Gasteiger partial charge is 0.0588 e. The summed E-state index contributed by atoms with van der Waals surface area (Å²) in [5.74, 6) is 2.54. The fourth-order valence-corrected chi connectivity index (χ4v) is 3.38. The zero-order chi connectivity index (χ0) is 12.3. The van der Waals surface area contributed by atoms with Gasteiger partial charge in [0, 0.05) is 19.2 Å². The van der Waals surface area contributed by atoms with Gasteiger partial charge in [-0.15, -0.1) is 0 Å². The molecule has 1 heterocycles. The van der Waals surface area contributed by atoms with Crippen LogP contribution in [0.5, 0.6) is 0 Å². The zero-order valence-corrected chi connectivity index (χ0v) is 11.7. The van der Waals surface area contributed by atoms with Gasteiger partial charge < -0.3 is 10.1 Å². The molecule has 1 aliphatic carbocycles. The van der Waals surface area contributed by atoms with Gasteiger partial charge in [-0.05, 0) is 43.9 Å². The predicted octanol–water partition coefficient (Wildman–Crippen LogP) is 3.22. The van der Waals surface area contributed by atoms with Crippen LogP contribution in [0.2, 0.25) is 0 Å². The molecule has 2 aliphatic rings. The standard InChI is InChI=1S/C15H29NO/c1-11(2)13-5-4-6-15(9-13)16-10-14-7-8-17-12(14)3/h11-16H,4-10H2,1-3H3. The molecular formula is C15H29NO. The molecule has 0 spiro atoms. The van der Waals surface area contributed by atoms with Crippen molar-refractivity contribution in [3.05, 3.63) is 0 Å². The van der Waals surface area contributed by atoms with E-state index in [1.165, 1.54) is 32.1 Å². The van der Waals surface area contributed by atoms with E-state index in [1.54, 1.807) is 0 Å². The van der Waals surface area contributed by atoms with Gasteiger partial charge in [-0.1, -0.05) is 26.7 Å². The van der Waals surface area contributed by atoms with Crippen LogP contribution in [-0.4, -0.2) is 25.3 Å². The van der Waals surface area contributed by atoms with Crippen LogP contribution in [0.1, 0.15) is 52.9 Å². The van der Waals surface area contributed by atoms with E-state index in [4.69, 9.17) is 4.74 Å². The van der Waals surface area contributed by atoms with E-state index >= 15 is 0 Å². The maximum absolute atomic E-state index is 5.62. The molecular weight excluding hydrogens is 210 g/mol. The lowest BCUT2D eigenvalue weighted by atomic mass is 9.79. The molecule has 4 unspecified atom stereocenters. The molecule has 2 rings (SSSR count). The molecule has 1 aliphatic heterocycles. The fraction of sp³-hybridized carbons (Fsp3) is 1.00. The van der Waals surface area contributed by atoms with E-state index in [0.29, 0.717) is 6.10 Å². The highest BCUT2D eigenvalue weighted by Gasteiger charge is 2.27. The lowest BCUT2D eigenvalue weighted by Gasteiger charge is -2.33. The molecule has 1 saturated heterocycles. The summed E-state index contributed by atoms with van der Waals surface area (Å²) in [6.07, 6.45) is 7.34. The molecule has 0 amide bonds. The van der Waals surface area contributed by atoms with Crippen LogP contribution in [0.15, 0.2) is 0 Å². The van der Waals surface area contributed by atoms with Gasteiger partial charge in [0.05, 0.1) is 6.10 Å². The van der Waals surface area contributed by atoms with Crippen molar-refractivity contribution in [3.8, 4) is 0 Å². The van der Waals surface area contributed by atoms with Gasteiger partial charge in [0.1, 0.15) is 0 Å². The molecule has 2 nitrogen and oxygen atoms in total. The fourth-order valence-electron chi connectivity index (χ4n) is 3.38. The molecule has 100 valence electrons. The topological polar surface area (TPSA) is 21.3 Å². The van der Waals surface area contributed by atoms with Crippen LogP contribution in [0.3, 0.4) is 0 Å². The maximum atomic E-state index is 5.62. The van der Waals surface area contributed by atoms with Gasteiger partial charge in [0.2, 0.25) is 0 Å². The molecule has 1 saturated carbocycles. The Hall–Kier alpha value is -0.0800. The highest BCUT2D eigenvalue weighted by atomic mass is 16.5. The quantitative estimate of drug-likeness (QED) is 0.813. The minimum atomic E-state index is 0.465. The SMILES string of the molecule is CC(C)C1CCCC(NCC2CCOC2C)C1. The second-order valence-electron chi connectivity index (χ2n) is 6.40. The summed E-state index contributed by atoms with van der Waals surface area (Å²) in [6, 6.07) is 0.768. The first kappa shape index (κ1) is 13.4.